The monoisotopic (exact) mass is 467 g/mol. The van der Waals surface area contributed by atoms with Gasteiger partial charge in [0.15, 0.2) is 5.78 Å². The second-order valence-corrected chi connectivity index (χ2v) is 9.60. The highest BCUT2D eigenvalue weighted by Crippen LogP contribution is 2.30. The van der Waals surface area contributed by atoms with Crippen molar-refractivity contribution in [2.75, 3.05) is 45.3 Å². The van der Waals surface area contributed by atoms with Crippen LogP contribution in [-0.2, 0) is 10.0 Å². The average Bonchev–Trinajstić information content (AvgIpc) is 2.65. The third-order valence-electron chi connectivity index (χ3n) is 5.09. The van der Waals surface area contributed by atoms with Gasteiger partial charge in [0.25, 0.3) is 0 Å². The Kier molecular flexibility index (Phi) is 10.7. The molecule has 3 N–H and O–H groups in total. The summed E-state index contributed by atoms with van der Waals surface area (Å²) in [4.78, 5) is 14.9. The van der Waals surface area contributed by atoms with Gasteiger partial charge in [0, 0.05) is 19.0 Å². The summed E-state index contributed by atoms with van der Waals surface area (Å²) in [7, 11) is -1.61. The van der Waals surface area contributed by atoms with E-state index in [4.69, 9.17) is 22.1 Å². The number of hydrogen-bond donors (Lipinski definition) is 2. The first-order chi connectivity index (χ1) is 13.2. The van der Waals surface area contributed by atoms with Gasteiger partial charge in [-0.15, -0.1) is 12.4 Å². The lowest BCUT2D eigenvalue weighted by Crippen LogP contribution is -2.38. The van der Waals surface area contributed by atoms with E-state index in [-0.39, 0.29) is 18.2 Å². The first-order valence-corrected chi connectivity index (χ1v) is 11.8. The van der Waals surface area contributed by atoms with Crippen LogP contribution in [0.15, 0.2) is 12.1 Å². The number of sulfonamides is 1. The van der Waals surface area contributed by atoms with Crippen molar-refractivity contribution in [3.8, 4) is 5.75 Å². The molecule has 1 heterocycles. The Labute approximate surface area is 184 Å². The lowest BCUT2D eigenvalue weighted by atomic mass is 9.97. The zero-order chi connectivity index (χ0) is 20.7. The molecule has 7 nitrogen and oxygen atoms in total. The van der Waals surface area contributed by atoms with Gasteiger partial charge in [0.1, 0.15) is 5.75 Å². The molecule has 10 heteroatoms. The number of methoxy groups -OCH3 is 1. The Balaban J connectivity index is 0.00000420. The number of piperidine rings is 1. The number of ether oxygens (including phenoxy) is 1. The van der Waals surface area contributed by atoms with E-state index in [2.05, 4.69) is 9.62 Å². The van der Waals surface area contributed by atoms with Gasteiger partial charge in [0.05, 0.1) is 29.6 Å². The topological polar surface area (TPSA) is 102 Å². The molecule has 0 amide bonds. The average molecular weight is 468 g/mol. The maximum absolute atomic E-state index is 12.5. The van der Waals surface area contributed by atoms with Crippen LogP contribution in [0.2, 0.25) is 5.02 Å². The van der Waals surface area contributed by atoms with E-state index in [1.807, 2.05) is 0 Å². The molecule has 0 unspecified atom stereocenters. The van der Waals surface area contributed by atoms with Crippen molar-refractivity contribution in [1.82, 2.24) is 9.62 Å². The smallest absolute Gasteiger partial charge is 0.208 e. The fourth-order valence-electron chi connectivity index (χ4n) is 3.39. The molecule has 0 atom stereocenters. The molecule has 1 aromatic rings. The van der Waals surface area contributed by atoms with Crippen LogP contribution < -0.4 is 15.2 Å². The molecule has 0 aliphatic carbocycles. The third kappa shape index (κ3) is 8.68. The predicted octanol–water partition coefficient (Wildman–Crippen LogP) is 2.97. The van der Waals surface area contributed by atoms with E-state index in [1.54, 1.807) is 12.1 Å². The lowest BCUT2D eigenvalue weighted by Gasteiger charge is -2.31. The van der Waals surface area contributed by atoms with Crippen LogP contribution in [-0.4, -0.2) is 58.6 Å². The van der Waals surface area contributed by atoms with E-state index >= 15 is 0 Å². The first-order valence-electron chi connectivity index (χ1n) is 9.53. The number of benzene rings is 1. The summed E-state index contributed by atoms with van der Waals surface area (Å²) in [5.74, 6) is 0.858. The SMILES string of the molecule is COc1cc(N)c(Cl)cc1C(=O)CCCCN1CCC(CNS(C)(=O)=O)CC1.Cl. The van der Waals surface area contributed by atoms with Crippen molar-refractivity contribution in [1.29, 1.82) is 0 Å². The summed E-state index contributed by atoms with van der Waals surface area (Å²) in [6.07, 6.45) is 5.33. The molecule has 0 spiro atoms. The van der Waals surface area contributed by atoms with Crippen molar-refractivity contribution in [2.24, 2.45) is 5.92 Å². The fraction of sp³-hybridized carbons (Fsp3) is 0.632. The van der Waals surface area contributed by atoms with Crippen molar-refractivity contribution >= 4 is 45.5 Å². The number of rotatable bonds is 10. The minimum Gasteiger partial charge on any atom is -0.496 e. The van der Waals surface area contributed by atoms with E-state index in [0.717, 1.165) is 45.3 Å². The number of Topliss-reactive ketones (excluding diaryl/α,β-unsaturated/α-hetero) is 1. The maximum Gasteiger partial charge on any atom is 0.208 e. The van der Waals surface area contributed by atoms with Gasteiger partial charge < -0.3 is 15.4 Å². The number of unbranched alkanes of at least 4 members (excludes halogenated alkanes) is 1. The molecular formula is C19H31Cl2N3O4S. The van der Waals surface area contributed by atoms with Gasteiger partial charge >= 0.3 is 0 Å². The van der Waals surface area contributed by atoms with Crippen LogP contribution in [0.4, 0.5) is 5.69 Å². The zero-order valence-electron chi connectivity index (χ0n) is 16.9. The van der Waals surface area contributed by atoms with Gasteiger partial charge in [-0.1, -0.05) is 11.6 Å². The van der Waals surface area contributed by atoms with Crippen LogP contribution in [0, 0.1) is 5.92 Å². The number of carbonyl (C=O) groups is 1. The van der Waals surface area contributed by atoms with E-state index < -0.39 is 10.0 Å². The highest BCUT2D eigenvalue weighted by atomic mass is 35.5. The Morgan fingerprint density at radius 1 is 1.31 bits per heavy atom. The molecule has 0 aromatic heterocycles. The fourth-order valence-corrected chi connectivity index (χ4v) is 4.10. The molecule has 166 valence electrons. The number of nitrogens with zero attached hydrogens (tertiary/aromatic N) is 1. The number of ketones is 1. The number of hydrogen-bond acceptors (Lipinski definition) is 6. The zero-order valence-corrected chi connectivity index (χ0v) is 19.3. The largest absolute Gasteiger partial charge is 0.496 e. The second kappa shape index (κ2) is 12.0. The number of nitrogens with one attached hydrogen (secondary N) is 1. The minimum absolute atomic E-state index is 0. The highest BCUT2D eigenvalue weighted by molar-refractivity contribution is 7.88. The molecule has 1 aliphatic rings. The van der Waals surface area contributed by atoms with Crippen molar-refractivity contribution in [3.05, 3.63) is 22.7 Å². The molecule has 0 bridgehead atoms. The van der Waals surface area contributed by atoms with Crippen molar-refractivity contribution in [2.45, 2.75) is 32.1 Å². The summed E-state index contributed by atoms with van der Waals surface area (Å²) in [5.41, 5.74) is 6.62. The molecule has 29 heavy (non-hydrogen) atoms. The van der Waals surface area contributed by atoms with E-state index in [0.29, 0.717) is 40.9 Å². The number of anilines is 1. The maximum atomic E-state index is 12.5. The summed E-state index contributed by atoms with van der Waals surface area (Å²) >= 11 is 6.03. The molecule has 0 saturated carbocycles. The molecule has 1 saturated heterocycles. The Morgan fingerprint density at radius 2 is 1.97 bits per heavy atom. The normalized spacial score (nSPS) is 15.7. The van der Waals surface area contributed by atoms with Crippen LogP contribution in [0.25, 0.3) is 0 Å². The lowest BCUT2D eigenvalue weighted by molar-refractivity contribution is 0.0973. The van der Waals surface area contributed by atoms with Gasteiger partial charge in [-0.25, -0.2) is 13.1 Å². The summed E-state index contributed by atoms with van der Waals surface area (Å²) in [6.45, 7) is 3.39. The molecule has 0 radical (unpaired) electrons. The van der Waals surface area contributed by atoms with Crippen LogP contribution in [0.5, 0.6) is 5.75 Å². The Bertz CT molecular complexity index is 782. The van der Waals surface area contributed by atoms with Crippen LogP contribution in [0.1, 0.15) is 42.5 Å². The van der Waals surface area contributed by atoms with Gasteiger partial charge in [0.2, 0.25) is 10.0 Å². The van der Waals surface area contributed by atoms with E-state index in [1.165, 1.54) is 13.4 Å². The standard InChI is InChI=1S/C19H30ClN3O4S.ClH/c1-27-19-12-17(21)16(20)11-15(19)18(24)5-3-4-8-23-9-6-14(7-10-23)13-22-28(2,25)26;/h11-12,14,22H,3-10,13,21H2,1-2H3;1H. The first kappa shape index (κ1) is 26.0. The molecule has 1 fully saturated rings. The van der Waals surface area contributed by atoms with Crippen molar-refractivity contribution < 1.29 is 17.9 Å². The summed E-state index contributed by atoms with van der Waals surface area (Å²) < 4.78 is 30.2. The molecule has 1 aromatic carbocycles. The van der Waals surface area contributed by atoms with Crippen LogP contribution >= 0.6 is 24.0 Å². The number of nitrogen functional groups attached to an aromatic ring is 1. The Hall–Kier alpha value is -1.06. The van der Waals surface area contributed by atoms with E-state index in [9.17, 15) is 13.2 Å². The Morgan fingerprint density at radius 3 is 2.55 bits per heavy atom. The second-order valence-electron chi connectivity index (χ2n) is 7.36. The van der Waals surface area contributed by atoms with Crippen molar-refractivity contribution in [3.63, 3.8) is 0 Å². The van der Waals surface area contributed by atoms with Gasteiger partial charge in [-0.3, -0.25) is 4.79 Å². The summed E-state index contributed by atoms with van der Waals surface area (Å²) in [6, 6.07) is 3.16. The quantitative estimate of drug-likeness (QED) is 0.311. The summed E-state index contributed by atoms with van der Waals surface area (Å²) in [5, 5.41) is 0.359. The number of nitrogens with two attached hydrogens (primary N) is 1. The molecule has 2 rings (SSSR count). The predicted molar refractivity (Wildman–Crippen MR) is 120 cm³/mol. The van der Waals surface area contributed by atoms with Gasteiger partial charge in [-0.05, 0) is 57.3 Å². The number of halogens is 2. The molecule has 1 aliphatic heterocycles. The highest BCUT2D eigenvalue weighted by Gasteiger charge is 2.20. The van der Waals surface area contributed by atoms with Gasteiger partial charge in [-0.2, -0.15) is 0 Å². The minimum atomic E-state index is -3.12. The molecular weight excluding hydrogens is 437 g/mol. The number of carbonyl (C=O) groups excluding carboxylic acids is 1. The number of likely N-dealkylation sites (tertiary alicyclic amines) is 1. The third-order valence-corrected chi connectivity index (χ3v) is 6.11. The van der Waals surface area contributed by atoms with Crippen LogP contribution in [0.3, 0.4) is 0 Å².